The molecule has 2 N–H and O–H groups in total. The fraction of sp³-hybridized carbons (Fsp3) is 0.192. The highest BCUT2D eigenvalue weighted by Crippen LogP contribution is 2.44. The van der Waals surface area contributed by atoms with Crippen LogP contribution in [0.2, 0.25) is 0 Å². The van der Waals surface area contributed by atoms with E-state index in [1.807, 2.05) is 36.4 Å². The highest BCUT2D eigenvalue weighted by atomic mass is 16.5. The lowest BCUT2D eigenvalue weighted by Gasteiger charge is -2.25. The molecule has 7 heteroatoms. The zero-order chi connectivity index (χ0) is 23.4. The molecule has 0 fully saturated rings. The Balaban J connectivity index is 1.42. The largest absolute Gasteiger partial charge is 0.480 e. The first-order valence-corrected chi connectivity index (χ1v) is 10.7. The van der Waals surface area contributed by atoms with E-state index in [4.69, 9.17) is 4.74 Å². The van der Waals surface area contributed by atoms with Gasteiger partial charge in [0.1, 0.15) is 19.2 Å². The molecule has 33 heavy (non-hydrogen) atoms. The maximum Gasteiger partial charge on any atom is 0.407 e. The van der Waals surface area contributed by atoms with Gasteiger partial charge in [-0.3, -0.25) is 14.5 Å². The van der Waals surface area contributed by atoms with Gasteiger partial charge in [-0.25, -0.2) is 4.79 Å². The van der Waals surface area contributed by atoms with E-state index < -0.39 is 30.6 Å². The second-order valence-corrected chi connectivity index (χ2v) is 7.85. The number of nitrogens with zero attached hydrogens (tertiary/aromatic N) is 1. The van der Waals surface area contributed by atoms with Crippen molar-refractivity contribution in [2.45, 2.75) is 18.9 Å². The molecule has 7 nitrogen and oxygen atoms in total. The number of benzene rings is 3. The van der Waals surface area contributed by atoms with Crippen LogP contribution in [0.1, 0.15) is 24.0 Å². The van der Waals surface area contributed by atoms with E-state index >= 15 is 0 Å². The summed E-state index contributed by atoms with van der Waals surface area (Å²) in [4.78, 5) is 37.8. The Morgan fingerprint density at radius 1 is 0.909 bits per heavy atom. The molecular formula is C26H24N2O5. The average molecular weight is 444 g/mol. The summed E-state index contributed by atoms with van der Waals surface area (Å²) in [5.74, 6) is -1.79. The Hall–Kier alpha value is -4.13. The minimum Gasteiger partial charge on any atom is -0.480 e. The van der Waals surface area contributed by atoms with Crippen molar-refractivity contribution in [1.29, 1.82) is 0 Å². The monoisotopic (exact) mass is 444 g/mol. The third kappa shape index (κ3) is 4.72. The number of hydrogen-bond donors (Lipinski definition) is 2. The summed E-state index contributed by atoms with van der Waals surface area (Å²) in [5, 5.41) is 11.7. The van der Waals surface area contributed by atoms with Crippen molar-refractivity contribution in [3.8, 4) is 11.1 Å². The van der Waals surface area contributed by atoms with Crippen molar-refractivity contribution in [2.75, 3.05) is 18.1 Å². The smallest absolute Gasteiger partial charge is 0.407 e. The van der Waals surface area contributed by atoms with Crippen LogP contribution in [0.15, 0.2) is 78.9 Å². The van der Waals surface area contributed by atoms with Gasteiger partial charge < -0.3 is 15.2 Å². The highest BCUT2D eigenvalue weighted by molar-refractivity contribution is 6.01. The van der Waals surface area contributed by atoms with Crippen molar-refractivity contribution in [3.05, 3.63) is 90.0 Å². The van der Waals surface area contributed by atoms with Crippen LogP contribution in [0.4, 0.5) is 10.5 Å². The predicted octanol–water partition coefficient (Wildman–Crippen LogP) is 4.03. The molecule has 1 atom stereocenters. The number of anilines is 1. The first-order chi connectivity index (χ1) is 16.0. The Bertz CT molecular complexity index is 1130. The third-order valence-electron chi connectivity index (χ3n) is 5.68. The van der Waals surface area contributed by atoms with Crippen LogP contribution < -0.4 is 10.2 Å². The van der Waals surface area contributed by atoms with Crippen LogP contribution in [0.25, 0.3) is 11.1 Å². The molecule has 4 rings (SSSR count). The molecule has 0 radical (unpaired) electrons. The number of carboxylic acids is 1. The number of carboxylic acid groups (broad SMARTS) is 1. The topological polar surface area (TPSA) is 95.9 Å². The molecule has 0 unspecified atom stereocenters. The number of aliphatic carboxylic acids is 1. The molecule has 0 heterocycles. The number of amides is 2. The van der Waals surface area contributed by atoms with Crippen LogP contribution in [0.3, 0.4) is 0 Å². The van der Waals surface area contributed by atoms with Crippen molar-refractivity contribution in [3.63, 3.8) is 0 Å². The van der Waals surface area contributed by atoms with Gasteiger partial charge in [0.25, 0.3) is 0 Å². The number of para-hydroxylation sites is 1. The van der Waals surface area contributed by atoms with Gasteiger partial charge in [0, 0.05) is 11.6 Å². The van der Waals surface area contributed by atoms with Crippen molar-refractivity contribution >= 4 is 23.7 Å². The molecule has 0 bridgehead atoms. The second-order valence-electron chi connectivity index (χ2n) is 7.85. The normalized spacial score (nSPS) is 12.9. The predicted molar refractivity (Wildman–Crippen MR) is 124 cm³/mol. The van der Waals surface area contributed by atoms with Crippen molar-refractivity contribution < 1.29 is 24.2 Å². The molecule has 0 aliphatic heterocycles. The molecule has 2 amide bonds. The number of nitrogens with one attached hydrogen (secondary N) is 1. The van der Waals surface area contributed by atoms with Crippen molar-refractivity contribution in [2.24, 2.45) is 0 Å². The van der Waals surface area contributed by atoms with Crippen LogP contribution in [0, 0.1) is 0 Å². The van der Waals surface area contributed by atoms with Crippen molar-refractivity contribution in [1.82, 2.24) is 5.32 Å². The van der Waals surface area contributed by atoms with Crippen LogP contribution in [0.5, 0.6) is 0 Å². The maximum atomic E-state index is 12.9. The van der Waals surface area contributed by atoms with E-state index in [-0.39, 0.29) is 12.5 Å². The lowest BCUT2D eigenvalue weighted by molar-refractivity contribution is -0.136. The summed E-state index contributed by atoms with van der Waals surface area (Å²) in [6, 6.07) is 23.5. The first kappa shape index (κ1) is 22.1. The lowest BCUT2D eigenvalue weighted by atomic mass is 9.98. The number of ether oxygens (including phenoxy) is 1. The average Bonchev–Trinajstić information content (AvgIpc) is 3.15. The number of carbonyl (C=O) groups is 3. The molecule has 3 aromatic rings. The summed E-state index contributed by atoms with van der Waals surface area (Å²) in [5.41, 5.74) is 4.86. The van der Waals surface area contributed by atoms with E-state index in [1.165, 1.54) is 6.92 Å². The number of fused-ring (bicyclic) bond motifs is 3. The number of hydrogen-bond acceptors (Lipinski definition) is 4. The van der Waals surface area contributed by atoms with Gasteiger partial charge in [-0.1, -0.05) is 66.7 Å². The Morgan fingerprint density at radius 2 is 1.45 bits per heavy atom. The first-order valence-electron chi connectivity index (χ1n) is 10.7. The van der Waals surface area contributed by atoms with Gasteiger partial charge in [-0.15, -0.1) is 0 Å². The molecule has 0 saturated heterocycles. The van der Waals surface area contributed by atoms with Gasteiger partial charge in [-0.05, 0) is 41.3 Å². The summed E-state index contributed by atoms with van der Waals surface area (Å²) >= 11 is 0. The fourth-order valence-corrected chi connectivity index (χ4v) is 4.15. The molecular weight excluding hydrogens is 420 g/mol. The molecule has 0 spiro atoms. The molecule has 1 aliphatic rings. The number of alkyl carbamates (subject to hydrolysis) is 1. The van der Waals surface area contributed by atoms with Gasteiger partial charge in [0.15, 0.2) is 0 Å². The fourth-order valence-electron chi connectivity index (χ4n) is 4.15. The van der Waals surface area contributed by atoms with Gasteiger partial charge in [0.05, 0.1) is 0 Å². The standard InChI is InChI=1S/C26H24N2O5/c1-17(25(31)28(15-24(29)30)18-9-3-2-4-10-18)27-26(32)33-16-23-21-13-7-5-11-19(21)20-12-6-8-14-22(20)23/h2-14,17,23H,15-16H2,1H3,(H,27,32)(H,29,30)/t17-/m0/s1. The highest BCUT2D eigenvalue weighted by Gasteiger charge is 2.30. The maximum absolute atomic E-state index is 12.9. The van der Waals surface area contributed by atoms with E-state index in [0.717, 1.165) is 27.2 Å². The zero-order valence-electron chi connectivity index (χ0n) is 18.1. The van der Waals surface area contributed by atoms with E-state index in [1.54, 1.807) is 30.3 Å². The summed E-state index contributed by atoms with van der Waals surface area (Å²) in [6.07, 6.45) is -0.735. The van der Waals surface area contributed by atoms with E-state index in [2.05, 4.69) is 17.4 Å². The Labute approximate surface area is 191 Å². The number of rotatable bonds is 7. The lowest BCUT2D eigenvalue weighted by Crippen LogP contribution is -2.49. The minimum absolute atomic E-state index is 0.0954. The van der Waals surface area contributed by atoms with E-state index in [9.17, 15) is 19.5 Å². The third-order valence-corrected chi connectivity index (χ3v) is 5.68. The molecule has 0 saturated carbocycles. The van der Waals surface area contributed by atoms with Gasteiger partial charge in [-0.2, -0.15) is 0 Å². The number of carbonyl (C=O) groups excluding carboxylic acids is 2. The minimum atomic E-state index is -1.15. The zero-order valence-corrected chi connectivity index (χ0v) is 18.1. The molecule has 168 valence electrons. The second kappa shape index (κ2) is 9.56. The molecule has 1 aliphatic carbocycles. The SMILES string of the molecule is C[C@H](NC(=O)OCC1c2ccccc2-c2ccccc21)C(=O)N(CC(=O)O)c1ccccc1. The summed E-state index contributed by atoms with van der Waals surface area (Å²) in [6.45, 7) is 1.11. The summed E-state index contributed by atoms with van der Waals surface area (Å²) in [7, 11) is 0. The summed E-state index contributed by atoms with van der Waals surface area (Å²) < 4.78 is 5.49. The molecule has 0 aromatic heterocycles. The Kier molecular flexibility index (Phi) is 6.40. The van der Waals surface area contributed by atoms with Crippen LogP contribution in [-0.4, -0.2) is 42.3 Å². The van der Waals surface area contributed by atoms with Crippen LogP contribution in [-0.2, 0) is 14.3 Å². The Morgan fingerprint density at radius 3 is 2.03 bits per heavy atom. The quantitative estimate of drug-likeness (QED) is 0.574. The molecule has 3 aromatic carbocycles. The van der Waals surface area contributed by atoms with Gasteiger partial charge in [0.2, 0.25) is 5.91 Å². The van der Waals surface area contributed by atoms with Gasteiger partial charge >= 0.3 is 12.1 Å². The van der Waals surface area contributed by atoms with E-state index in [0.29, 0.717) is 5.69 Å². The van der Waals surface area contributed by atoms with Crippen LogP contribution >= 0.6 is 0 Å².